The molecule has 13 nitrogen and oxygen atoms in total. The lowest BCUT2D eigenvalue weighted by molar-refractivity contribution is -0.511. The number of methoxy groups -OCH3 is 4. The van der Waals surface area contributed by atoms with Crippen LogP contribution >= 0.6 is 0 Å². The molecule has 0 aliphatic carbocycles. The number of fused-ring (bicyclic) bond motifs is 4. The third-order valence-electron chi connectivity index (χ3n) is 6.52. The summed E-state index contributed by atoms with van der Waals surface area (Å²) in [7, 11) is 1.67. The average molecular weight is 612 g/mol. The summed E-state index contributed by atoms with van der Waals surface area (Å²) >= 11 is 0. The summed E-state index contributed by atoms with van der Waals surface area (Å²) in [5.41, 5.74) is 1.85. The predicted octanol–water partition coefficient (Wildman–Crippen LogP) is 4.90. The number of benzene rings is 3. The van der Waals surface area contributed by atoms with Crippen molar-refractivity contribution in [1.82, 2.24) is 0 Å². The van der Waals surface area contributed by atoms with Crippen molar-refractivity contribution in [2.75, 3.05) is 28.4 Å². The lowest BCUT2D eigenvalue weighted by Gasteiger charge is -2.12. The lowest BCUT2D eigenvalue weighted by Crippen LogP contribution is -2.26. The van der Waals surface area contributed by atoms with Gasteiger partial charge < -0.3 is 24.1 Å². The van der Waals surface area contributed by atoms with Crippen LogP contribution in [0.4, 0.5) is 5.69 Å². The van der Waals surface area contributed by atoms with Crippen molar-refractivity contribution in [3.63, 3.8) is 0 Å². The minimum Gasteiger partial charge on any atom is -0.507 e. The highest BCUT2D eigenvalue weighted by Gasteiger charge is 2.21. The number of ether oxygens (including phenoxy) is 4. The highest BCUT2D eigenvalue weighted by atomic mass is 32.3. The van der Waals surface area contributed by atoms with Gasteiger partial charge in [0.05, 0.1) is 44.1 Å². The Hall–Kier alpha value is -5.18. The van der Waals surface area contributed by atoms with Crippen molar-refractivity contribution >= 4 is 55.3 Å². The van der Waals surface area contributed by atoms with Crippen LogP contribution < -0.4 is 23.3 Å². The van der Waals surface area contributed by atoms with E-state index in [1.54, 1.807) is 34.5 Å². The molecule has 0 amide bonds. The summed E-state index contributed by atoms with van der Waals surface area (Å²) in [4.78, 5) is 10.8. The van der Waals surface area contributed by atoms with E-state index in [1.165, 1.54) is 18.2 Å². The van der Waals surface area contributed by atoms with Crippen LogP contribution in [0.15, 0.2) is 60.8 Å². The van der Waals surface area contributed by atoms with Gasteiger partial charge in [-0.3, -0.25) is 19.2 Å². The van der Waals surface area contributed by atoms with Crippen LogP contribution in [0.5, 0.6) is 28.7 Å². The Kier molecular flexibility index (Phi) is 8.85. The highest BCUT2D eigenvalue weighted by Crippen LogP contribution is 2.37. The second kappa shape index (κ2) is 12.4. The van der Waals surface area contributed by atoms with Crippen molar-refractivity contribution < 1.29 is 50.9 Å². The molecular formula is C29H27N2O11S+. The van der Waals surface area contributed by atoms with Crippen LogP contribution in [-0.2, 0) is 10.4 Å². The van der Waals surface area contributed by atoms with Gasteiger partial charge in [-0.2, -0.15) is 12.8 Å². The standard InChI is InChI=1S/C29H24N2O7.H2O4S/c1-35-26-13-17-9-10-30-23(7-5-18-11-20(31(33)34)6-8-25(18)32)22-16-29(38-4)27(36-2)14-19(22)12-24(30)21(17)15-28(26)37-3;1-5(2,3)4/h5-16H,1-4H3;(H2,1,2,3,4)/p+1. The largest absolute Gasteiger partial charge is 0.507 e. The number of phenolic OH excluding ortho intramolecular Hbond substituents is 1. The van der Waals surface area contributed by atoms with Crippen LogP contribution in [0.25, 0.3) is 39.2 Å². The Balaban J connectivity index is 0.000000782. The minimum atomic E-state index is -4.67. The first-order chi connectivity index (χ1) is 20.4. The van der Waals surface area contributed by atoms with Crippen molar-refractivity contribution in [2.24, 2.45) is 0 Å². The molecule has 0 fully saturated rings. The van der Waals surface area contributed by atoms with E-state index in [4.69, 9.17) is 36.5 Å². The average Bonchev–Trinajstić information content (AvgIpc) is 2.97. The highest BCUT2D eigenvalue weighted by molar-refractivity contribution is 7.79. The monoisotopic (exact) mass is 611 g/mol. The maximum Gasteiger partial charge on any atom is 0.394 e. The fraction of sp³-hybridized carbons (Fsp3) is 0.138. The van der Waals surface area contributed by atoms with Crippen molar-refractivity contribution in [3.05, 3.63) is 82.2 Å². The Morgan fingerprint density at radius 3 is 1.86 bits per heavy atom. The molecule has 2 heterocycles. The molecule has 0 spiro atoms. The molecule has 3 aromatic carbocycles. The Morgan fingerprint density at radius 1 is 0.767 bits per heavy atom. The van der Waals surface area contributed by atoms with E-state index >= 15 is 0 Å². The topological polar surface area (TPSA) is 179 Å². The maximum absolute atomic E-state index is 11.3. The zero-order chi connectivity index (χ0) is 31.5. The second-order valence-corrected chi connectivity index (χ2v) is 9.87. The summed E-state index contributed by atoms with van der Waals surface area (Å²) < 4.78 is 55.7. The lowest BCUT2D eigenvalue weighted by atomic mass is 10.0. The van der Waals surface area contributed by atoms with E-state index in [0.717, 1.165) is 32.8 Å². The molecule has 14 heteroatoms. The molecule has 0 bridgehead atoms. The van der Waals surface area contributed by atoms with Gasteiger partial charge in [-0.05, 0) is 47.2 Å². The zero-order valence-electron chi connectivity index (χ0n) is 23.3. The fourth-order valence-corrected chi connectivity index (χ4v) is 4.62. The van der Waals surface area contributed by atoms with Gasteiger partial charge in [0, 0.05) is 35.9 Å². The number of aromatic hydroxyl groups is 1. The number of rotatable bonds is 7. The van der Waals surface area contributed by atoms with E-state index < -0.39 is 15.3 Å². The summed E-state index contributed by atoms with van der Waals surface area (Å²) in [6.07, 6.45) is 5.40. The molecule has 5 rings (SSSR count). The smallest absolute Gasteiger partial charge is 0.394 e. The number of hydrogen-bond donors (Lipinski definition) is 3. The maximum atomic E-state index is 11.3. The molecule has 0 atom stereocenters. The Bertz CT molecular complexity index is 2000. The van der Waals surface area contributed by atoms with Crippen molar-refractivity contribution in [3.8, 4) is 28.7 Å². The number of pyridine rings is 2. The van der Waals surface area contributed by atoms with Gasteiger partial charge in [0.1, 0.15) is 5.75 Å². The van der Waals surface area contributed by atoms with E-state index in [0.29, 0.717) is 28.6 Å². The van der Waals surface area contributed by atoms with Gasteiger partial charge in [0.2, 0.25) is 11.2 Å². The molecular weight excluding hydrogens is 584 g/mol. The summed E-state index contributed by atoms with van der Waals surface area (Å²) in [5, 5.41) is 25.3. The first kappa shape index (κ1) is 30.8. The third kappa shape index (κ3) is 6.67. The van der Waals surface area contributed by atoms with Gasteiger partial charge in [0.15, 0.2) is 29.2 Å². The van der Waals surface area contributed by atoms with E-state index in [9.17, 15) is 15.2 Å². The van der Waals surface area contributed by atoms with Crippen molar-refractivity contribution in [2.45, 2.75) is 0 Å². The second-order valence-electron chi connectivity index (χ2n) is 8.97. The predicted molar refractivity (Wildman–Crippen MR) is 159 cm³/mol. The molecule has 0 radical (unpaired) electrons. The van der Waals surface area contributed by atoms with E-state index in [-0.39, 0.29) is 11.4 Å². The first-order valence-electron chi connectivity index (χ1n) is 12.3. The summed E-state index contributed by atoms with van der Waals surface area (Å²) in [5.74, 6) is 2.29. The molecule has 43 heavy (non-hydrogen) atoms. The van der Waals surface area contributed by atoms with Gasteiger partial charge >= 0.3 is 10.4 Å². The molecule has 0 saturated heterocycles. The normalized spacial score (nSPS) is 11.4. The number of hydrogen-bond acceptors (Lipinski definition) is 9. The number of nitro groups is 1. The molecule has 5 aromatic rings. The quantitative estimate of drug-likeness (QED) is 0.0569. The van der Waals surface area contributed by atoms with Gasteiger partial charge in [0.25, 0.3) is 5.69 Å². The van der Waals surface area contributed by atoms with Crippen molar-refractivity contribution in [1.29, 1.82) is 0 Å². The molecule has 0 saturated carbocycles. The molecule has 3 N–H and O–H groups in total. The van der Waals surface area contributed by atoms with Crippen LogP contribution in [-0.4, -0.2) is 56.0 Å². The van der Waals surface area contributed by atoms with Crippen LogP contribution in [0.3, 0.4) is 0 Å². The van der Waals surface area contributed by atoms with Crippen LogP contribution in [0.1, 0.15) is 11.3 Å². The van der Waals surface area contributed by atoms with Crippen LogP contribution in [0, 0.1) is 10.1 Å². The van der Waals surface area contributed by atoms with E-state index in [1.807, 2.05) is 53.1 Å². The third-order valence-corrected chi connectivity index (χ3v) is 6.52. The Morgan fingerprint density at radius 2 is 1.30 bits per heavy atom. The number of non-ortho nitro benzene ring substituents is 1. The molecule has 0 aliphatic heterocycles. The summed E-state index contributed by atoms with van der Waals surface area (Å²) in [6.45, 7) is 0. The van der Waals surface area contributed by atoms with Crippen LogP contribution in [0.2, 0.25) is 0 Å². The van der Waals surface area contributed by atoms with Gasteiger partial charge in [-0.15, -0.1) is 0 Å². The van der Waals surface area contributed by atoms with Gasteiger partial charge in [-0.1, -0.05) is 0 Å². The summed E-state index contributed by atoms with van der Waals surface area (Å²) in [6, 6.07) is 15.6. The molecule has 0 aliphatic rings. The van der Waals surface area contributed by atoms with Gasteiger partial charge in [-0.25, -0.2) is 0 Å². The SMILES string of the molecule is COc1cc2cc3c4cc(OC)c(OC)cc4cc[n+]3c(/C=C/c3cc([N+](=O)[O-])ccc3O)c2cc1OC.O=S(=O)(O)O. The first-order valence-corrected chi connectivity index (χ1v) is 13.7. The fourth-order valence-electron chi connectivity index (χ4n) is 4.62. The van der Waals surface area contributed by atoms with E-state index in [2.05, 4.69) is 0 Å². The minimum absolute atomic E-state index is 0.0667. The number of phenols is 1. The number of nitro benzene ring substituents is 1. The molecule has 0 unspecified atom stereocenters. The number of nitrogens with zero attached hydrogens (tertiary/aromatic N) is 2. The zero-order valence-corrected chi connectivity index (χ0v) is 24.2. The molecule has 224 valence electrons. The Labute approximate surface area is 245 Å². The number of aromatic nitrogens is 1. The molecule has 2 aromatic heterocycles.